The van der Waals surface area contributed by atoms with E-state index in [9.17, 15) is 5.11 Å². The molecule has 2 aromatic rings. The average molecular weight is 369 g/mol. The fourth-order valence-electron chi connectivity index (χ4n) is 4.01. The average Bonchev–Trinajstić information content (AvgIpc) is 2.74. The Morgan fingerprint density at radius 2 is 1.63 bits per heavy atom. The minimum Gasteiger partial charge on any atom is -0.494 e. The lowest BCUT2D eigenvalue weighted by Gasteiger charge is -2.30. The molecule has 0 radical (unpaired) electrons. The number of aliphatic hydroxyl groups excluding tert-OH is 1. The lowest BCUT2D eigenvalue weighted by molar-refractivity contribution is -0.906. The molecular formula is C24H34NO2+. The van der Waals surface area contributed by atoms with Crippen molar-refractivity contribution in [2.45, 2.75) is 51.0 Å². The zero-order valence-corrected chi connectivity index (χ0v) is 16.6. The molecule has 0 bridgehead atoms. The number of piperidine rings is 1. The number of hydrogen-bond donors (Lipinski definition) is 2. The predicted octanol–water partition coefficient (Wildman–Crippen LogP) is 3.75. The molecule has 0 saturated carbocycles. The van der Waals surface area contributed by atoms with E-state index in [0.717, 1.165) is 37.3 Å². The molecule has 1 aliphatic heterocycles. The van der Waals surface area contributed by atoms with Crippen LogP contribution in [0, 0.1) is 0 Å². The zero-order valence-electron chi connectivity index (χ0n) is 16.6. The Balaban J connectivity index is 1.72. The summed E-state index contributed by atoms with van der Waals surface area (Å²) in [6.07, 6.45) is 5.66. The van der Waals surface area contributed by atoms with Gasteiger partial charge in [-0.25, -0.2) is 0 Å². The van der Waals surface area contributed by atoms with Crippen molar-refractivity contribution >= 4 is 0 Å². The lowest BCUT2D eigenvalue weighted by atomic mass is 9.88. The lowest BCUT2D eigenvalue weighted by Crippen LogP contribution is -3.13. The summed E-state index contributed by atoms with van der Waals surface area (Å²) < 4.78 is 5.76. The molecule has 0 aliphatic carbocycles. The molecule has 1 saturated heterocycles. The van der Waals surface area contributed by atoms with E-state index in [4.69, 9.17) is 4.74 Å². The van der Waals surface area contributed by atoms with Crippen LogP contribution in [0.3, 0.4) is 0 Å². The van der Waals surface area contributed by atoms with Crippen molar-refractivity contribution in [3.8, 4) is 5.75 Å². The molecule has 0 amide bonds. The van der Waals surface area contributed by atoms with Crippen molar-refractivity contribution in [2.75, 3.05) is 26.2 Å². The summed E-state index contributed by atoms with van der Waals surface area (Å²) in [6.45, 7) is 6.35. The minimum absolute atomic E-state index is 0.117. The molecule has 3 heteroatoms. The molecular weight excluding hydrogens is 334 g/mol. The number of ether oxygens (including phenoxy) is 1. The SMILES string of the molecule is CCCCOc1ccc([C@@H](O)[C@@H](C[NH+]2CCCCC2)c2ccccc2)cc1. The Morgan fingerprint density at radius 1 is 0.926 bits per heavy atom. The van der Waals surface area contributed by atoms with Crippen molar-refractivity contribution in [1.29, 1.82) is 0 Å². The Kier molecular flexibility index (Phi) is 7.73. The topological polar surface area (TPSA) is 33.9 Å². The third-order valence-electron chi connectivity index (χ3n) is 5.67. The fraction of sp³-hybridized carbons (Fsp3) is 0.500. The van der Waals surface area contributed by atoms with Crippen LogP contribution in [0.4, 0.5) is 0 Å². The molecule has 0 unspecified atom stereocenters. The highest BCUT2D eigenvalue weighted by Gasteiger charge is 2.28. The van der Waals surface area contributed by atoms with Gasteiger partial charge in [-0.15, -0.1) is 0 Å². The summed E-state index contributed by atoms with van der Waals surface area (Å²) in [5.41, 5.74) is 2.20. The molecule has 3 rings (SSSR count). The molecule has 0 aromatic heterocycles. The van der Waals surface area contributed by atoms with Gasteiger partial charge in [-0.3, -0.25) is 0 Å². The third kappa shape index (κ3) is 5.82. The van der Waals surface area contributed by atoms with Crippen LogP contribution in [-0.4, -0.2) is 31.3 Å². The van der Waals surface area contributed by atoms with E-state index in [1.54, 1.807) is 4.90 Å². The second kappa shape index (κ2) is 10.5. The van der Waals surface area contributed by atoms with Gasteiger partial charge in [0.25, 0.3) is 0 Å². The van der Waals surface area contributed by atoms with Crippen LogP contribution < -0.4 is 9.64 Å². The standard InChI is InChI=1S/C24H33NO2/c1-2-3-18-27-22-14-12-21(13-15-22)24(26)23(20-10-6-4-7-11-20)19-25-16-8-5-9-17-25/h4,6-7,10-15,23-24,26H,2-3,5,8-9,16-19H2,1H3/p+1/t23-,24+/m0/s1. The summed E-state index contributed by atoms with van der Waals surface area (Å²) in [6, 6.07) is 18.5. The number of aliphatic hydroxyl groups is 1. The molecule has 2 N–H and O–H groups in total. The van der Waals surface area contributed by atoms with Gasteiger partial charge in [-0.2, -0.15) is 0 Å². The highest BCUT2D eigenvalue weighted by molar-refractivity contribution is 5.31. The van der Waals surface area contributed by atoms with Crippen molar-refractivity contribution in [2.24, 2.45) is 0 Å². The number of benzene rings is 2. The molecule has 2 aromatic carbocycles. The summed E-state index contributed by atoms with van der Waals surface area (Å²) in [5.74, 6) is 1.00. The van der Waals surface area contributed by atoms with E-state index < -0.39 is 6.10 Å². The Morgan fingerprint density at radius 3 is 2.30 bits per heavy atom. The first kappa shape index (κ1) is 19.9. The number of hydrogen-bond acceptors (Lipinski definition) is 2. The number of rotatable bonds is 9. The van der Waals surface area contributed by atoms with Gasteiger partial charge < -0.3 is 14.7 Å². The van der Waals surface area contributed by atoms with Gasteiger partial charge in [0.15, 0.2) is 0 Å². The smallest absolute Gasteiger partial charge is 0.119 e. The number of nitrogens with one attached hydrogen (secondary N) is 1. The van der Waals surface area contributed by atoms with Crippen molar-refractivity contribution in [1.82, 2.24) is 0 Å². The van der Waals surface area contributed by atoms with Gasteiger partial charge in [-0.05, 0) is 48.9 Å². The predicted molar refractivity (Wildman–Crippen MR) is 110 cm³/mol. The van der Waals surface area contributed by atoms with E-state index in [0.29, 0.717) is 0 Å². The normalized spacial score (nSPS) is 17.4. The van der Waals surface area contributed by atoms with Gasteiger partial charge in [0.05, 0.1) is 38.3 Å². The number of likely N-dealkylation sites (tertiary alicyclic amines) is 1. The quantitative estimate of drug-likeness (QED) is 0.661. The van der Waals surface area contributed by atoms with Gasteiger partial charge in [0.2, 0.25) is 0 Å². The van der Waals surface area contributed by atoms with Gasteiger partial charge in [-0.1, -0.05) is 55.8 Å². The van der Waals surface area contributed by atoms with Crippen molar-refractivity contribution in [3.05, 3.63) is 65.7 Å². The fourth-order valence-corrected chi connectivity index (χ4v) is 4.01. The highest BCUT2D eigenvalue weighted by Crippen LogP contribution is 2.31. The van der Waals surface area contributed by atoms with Crippen LogP contribution in [0.5, 0.6) is 5.75 Å². The first-order valence-corrected chi connectivity index (χ1v) is 10.6. The summed E-state index contributed by atoms with van der Waals surface area (Å²) in [5, 5.41) is 11.2. The third-order valence-corrected chi connectivity index (χ3v) is 5.67. The maximum absolute atomic E-state index is 11.2. The molecule has 1 aliphatic rings. The van der Waals surface area contributed by atoms with Crippen LogP contribution in [0.2, 0.25) is 0 Å². The van der Waals surface area contributed by atoms with Gasteiger partial charge >= 0.3 is 0 Å². The number of quaternary nitrogens is 1. The minimum atomic E-state index is -0.494. The second-order valence-electron chi connectivity index (χ2n) is 7.75. The van der Waals surface area contributed by atoms with Crippen LogP contribution in [0.1, 0.15) is 62.2 Å². The molecule has 27 heavy (non-hydrogen) atoms. The summed E-state index contributed by atoms with van der Waals surface area (Å²) in [7, 11) is 0. The van der Waals surface area contributed by atoms with Crippen LogP contribution in [0.15, 0.2) is 54.6 Å². The molecule has 2 atom stereocenters. The zero-order chi connectivity index (χ0) is 18.9. The second-order valence-corrected chi connectivity index (χ2v) is 7.75. The molecule has 1 fully saturated rings. The first-order chi connectivity index (χ1) is 13.3. The molecule has 3 nitrogen and oxygen atoms in total. The van der Waals surface area contributed by atoms with Crippen molar-refractivity contribution in [3.63, 3.8) is 0 Å². The van der Waals surface area contributed by atoms with E-state index in [-0.39, 0.29) is 5.92 Å². The Bertz CT molecular complexity index is 650. The van der Waals surface area contributed by atoms with Crippen LogP contribution in [0.25, 0.3) is 0 Å². The molecule has 1 heterocycles. The maximum atomic E-state index is 11.2. The van der Waals surface area contributed by atoms with E-state index >= 15 is 0 Å². The van der Waals surface area contributed by atoms with Gasteiger partial charge in [0, 0.05) is 0 Å². The summed E-state index contributed by atoms with van der Waals surface area (Å²) >= 11 is 0. The van der Waals surface area contributed by atoms with Gasteiger partial charge in [0.1, 0.15) is 5.75 Å². The molecule has 146 valence electrons. The first-order valence-electron chi connectivity index (χ1n) is 10.6. The molecule has 0 spiro atoms. The monoisotopic (exact) mass is 368 g/mol. The Hall–Kier alpha value is -1.84. The Labute approximate surface area is 164 Å². The maximum Gasteiger partial charge on any atom is 0.119 e. The van der Waals surface area contributed by atoms with E-state index in [2.05, 4.69) is 31.2 Å². The van der Waals surface area contributed by atoms with E-state index in [1.165, 1.54) is 37.9 Å². The number of unbranched alkanes of at least 4 members (excludes halogenated alkanes) is 1. The highest BCUT2D eigenvalue weighted by atomic mass is 16.5. The van der Waals surface area contributed by atoms with E-state index in [1.807, 2.05) is 30.3 Å². The van der Waals surface area contributed by atoms with Crippen molar-refractivity contribution < 1.29 is 14.7 Å². The largest absolute Gasteiger partial charge is 0.494 e. The van der Waals surface area contributed by atoms with Crippen LogP contribution in [-0.2, 0) is 0 Å². The summed E-state index contributed by atoms with van der Waals surface area (Å²) in [4.78, 5) is 1.62. The van der Waals surface area contributed by atoms with Crippen LogP contribution >= 0.6 is 0 Å².